The van der Waals surface area contributed by atoms with Crippen LogP contribution in [0.4, 0.5) is 4.39 Å². The number of rotatable bonds is 1. The molecule has 1 nitrogen and oxygen atoms in total. The zero-order valence-corrected chi connectivity index (χ0v) is 9.14. The van der Waals surface area contributed by atoms with E-state index in [-0.39, 0.29) is 11.6 Å². The lowest BCUT2D eigenvalue weighted by Crippen LogP contribution is -1.90. The molecule has 2 aromatic carbocycles. The SMILES string of the molecule is COc1cc2ccccc2c(Br)c1F. The number of benzene rings is 2. The van der Waals surface area contributed by atoms with Gasteiger partial charge in [-0.2, -0.15) is 0 Å². The monoisotopic (exact) mass is 254 g/mol. The molecule has 0 aliphatic heterocycles. The molecule has 0 bridgehead atoms. The minimum atomic E-state index is -0.355. The molecular formula is C11H8BrFO. The lowest BCUT2D eigenvalue weighted by molar-refractivity contribution is 0.386. The van der Waals surface area contributed by atoms with Crippen molar-refractivity contribution in [3.05, 3.63) is 40.6 Å². The van der Waals surface area contributed by atoms with E-state index in [9.17, 15) is 4.39 Å². The Morgan fingerprint density at radius 1 is 1.29 bits per heavy atom. The molecule has 0 unspecified atom stereocenters. The van der Waals surface area contributed by atoms with E-state index in [4.69, 9.17) is 4.74 Å². The summed E-state index contributed by atoms with van der Waals surface area (Å²) in [6.45, 7) is 0. The number of halogens is 2. The highest BCUT2D eigenvalue weighted by atomic mass is 79.9. The fourth-order valence-corrected chi connectivity index (χ4v) is 1.96. The van der Waals surface area contributed by atoms with Crippen molar-refractivity contribution in [1.29, 1.82) is 0 Å². The van der Waals surface area contributed by atoms with Crippen LogP contribution >= 0.6 is 15.9 Å². The Bertz CT molecular complexity index is 482. The Morgan fingerprint density at radius 2 is 2.00 bits per heavy atom. The van der Waals surface area contributed by atoms with E-state index in [2.05, 4.69) is 15.9 Å². The third-order valence-corrected chi connectivity index (χ3v) is 2.89. The Hall–Kier alpha value is -1.09. The van der Waals surface area contributed by atoms with E-state index < -0.39 is 0 Å². The summed E-state index contributed by atoms with van der Waals surface area (Å²) >= 11 is 3.22. The smallest absolute Gasteiger partial charge is 0.179 e. The van der Waals surface area contributed by atoms with E-state index in [1.165, 1.54) is 7.11 Å². The second kappa shape index (κ2) is 3.58. The largest absolute Gasteiger partial charge is 0.494 e. The van der Waals surface area contributed by atoms with Gasteiger partial charge < -0.3 is 4.74 Å². The second-order valence-corrected chi connectivity index (χ2v) is 3.72. The first-order chi connectivity index (χ1) is 6.74. The number of methoxy groups -OCH3 is 1. The van der Waals surface area contributed by atoms with Crippen LogP contribution in [0.25, 0.3) is 10.8 Å². The van der Waals surface area contributed by atoms with E-state index in [1.807, 2.05) is 24.3 Å². The number of fused-ring (bicyclic) bond motifs is 1. The molecule has 0 saturated carbocycles. The zero-order valence-electron chi connectivity index (χ0n) is 7.55. The van der Waals surface area contributed by atoms with Crippen LogP contribution in [0, 0.1) is 5.82 Å². The van der Waals surface area contributed by atoms with Crippen molar-refractivity contribution < 1.29 is 9.13 Å². The molecule has 0 aromatic heterocycles. The summed E-state index contributed by atoms with van der Waals surface area (Å²) in [5, 5.41) is 1.81. The van der Waals surface area contributed by atoms with Crippen molar-refractivity contribution in [3.8, 4) is 5.75 Å². The summed E-state index contributed by atoms with van der Waals surface area (Å²) in [5.41, 5.74) is 0. The van der Waals surface area contributed by atoms with Crippen molar-refractivity contribution in [3.63, 3.8) is 0 Å². The number of hydrogen-bond acceptors (Lipinski definition) is 1. The van der Waals surface area contributed by atoms with Crippen LogP contribution < -0.4 is 4.74 Å². The van der Waals surface area contributed by atoms with Crippen LogP contribution in [0.15, 0.2) is 34.8 Å². The van der Waals surface area contributed by atoms with Crippen molar-refractivity contribution in [2.75, 3.05) is 7.11 Å². The third kappa shape index (κ3) is 1.38. The lowest BCUT2D eigenvalue weighted by Gasteiger charge is -2.06. The molecule has 0 spiro atoms. The maximum Gasteiger partial charge on any atom is 0.179 e. The molecular weight excluding hydrogens is 247 g/mol. The summed E-state index contributed by atoms with van der Waals surface area (Å²) in [6.07, 6.45) is 0. The minimum absolute atomic E-state index is 0.260. The summed E-state index contributed by atoms with van der Waals surface area (Å²) in [7, 11) is 1.46. The van der Waals surface area contributed by atoms with Gasteiger partial charge in [-0.15, -0.1) is 0 Å². The van der Waals surface area contributed by atoms with Crippen LogP contribution in [-0.2, 0) is 0 Å². The Kier molecular flexibility index (Phi) is 2.42. The van der Waals surface area contributed by atoms with Crippen molar-refractivity contribution in [1.82, 2.24) is 0 Å². The van der Waals surface area contributed by atoms with Crippen LogP contribution in [0.3, 0.4) is 0 Å². The molecule has 0 aliphatic carbocycles. The van der Waals surface area contributed by atoms with E-state index in [0.29, 0.717) is 4.47 Å². The molecule has 0 N–H and O–H groups in total. The molecule has 0 amide bonds. The van der Waals surface area contributed by atoms with Gasteiger partial charge in [0.25, 0.3) is 0 Å². The highest BCUT2D eigenvalue weighted by Gasteiger charge is 2.10. The zero-order chi connectivity index (χ0) is 10.1. The molecule has 0 fully saturated rings. The van der Waals surface area contributed by atoms with Gasteiger partial charge in [-0.25, -0.2) is 4.39 Å². The van der Waals surface area contributed by atoms with Gasteiger partial charge >= 0.3 is 0 Å². The highest BCUT2D eigenvalue weighted by molar-refractivity contribution is 9.10. The fourth-order valence-electron chi connectivity index (χ4n) is 1.40. The number of ether oxygens (including phenoxy) is 1. The first-order valence-corrected chi connectivity index (χ1v) is 4.94. The predicted molar refractivity (Wildman–Crippen MR) is 58.2 cm³/mol. The highest BCUT2D eigenvalue weighted by Crippen LogP contribution is 2.33. The maximum atomic E-state index is 13.6. The molecule has 0 saturated heterocycles. The fraction of sp³-hybridized carbons (Fsp3) is 0.0909. The standard InChI is InChI=1S/C11H8BrFO/c1-14-9-6-7-4-2-3-5-8(7)10(12)11(9)13/h2-6H,1H3. The van der Waals surface area contributed by atoms with Gasteiger partial charge in [0.05, 0.1) is 11.6 Å². The maximum absolute atomic E-state index is 13.6. The second-order valence-electron chi connectivity index (χ2n) is 2.93. The topological polar surface area (TPSA) is 9.23 Å². The quantitative estimate of drug-likeness (QED) is 0.754. The summed E-state index contributed by atoms with van der Waals surface area (Å²) in [6, 6.07) is 9.25. The minimum Gasteiger partial charge on any atom is -0.494 e. The van der Waals surface area contributed by atoms with Gasteiger partial charge in [0.2, 0.25) is 0 Å². The van der Waals surface area contributed by atoms with Gasteiger partial charge in [-0.3, -0.25) is 0 Å². The lowest BCUT2D eigenvalue weighted by atomic mass is 10.1. The number of hydrogen-bond donors (Lipinski definition) is 0. The molecule has 0 radical (unpaired) electrons. The molecule has 2 rings (SSSR count). The van der Waals surface area contributed by atoms with Crippen molar-refractivity contribution >= 4 is 26.7 Å². The van der Waals surface area contributed by atoms with Crippen molar-refractivity contribution in [2.45, 2.75) is 0 Å². The van der Waals surface area contributed by atoms with Crippen LogP contribution in [-0.4, -0.2) is 7.11 Å². The summed E-state index contributed by atoms with van der Waals surface area (Å²) < 4.78 is 18.9. The Labute approximate surface area is 89.6 Å². The molecule has 72 valence electrons. The Balaban J connectivity index is 2.85. The first-order valence-electron chi connectivity index (χ1n) is 4.15. The molecule has 0 heterocycles. The van der Waals surface area contributed by atoms with Crippen LogP contribution in [0.2, 0.25) is 0 Å². The first kappa shape index (κ1) is 9.46. The van der Waals surface area contributed by atoms with Gasteiger partial charge in [0.15, 0.2) is 11.6 Å². The molecule has 0 atom stereocenters. The summed E-state index contributed by atoms with van der Waals surface area (Å²) in [4.78, 5) is 0. The third-order valence-electron chi connectivity index (χ3n) is 2.11. The average molecular weight is 255 g/mol. The van der Waals surface area contributed by atoms with Gasteiger partial charge in [-0.1, -0.05) is 24.3 Å². The van der Waals surface area contributed by atoms with E-state index >= 15 is 0 Å². The van der Waals surface area contributed by atoms with Gasteiger partial charge in [0.1, 0.15) is 0 Å². The normalized spacial score (nSPS) is 10.5. The van der Waals surface area contributed by atoms with Gasteiger partial charge in [-0.05, 0) is 32.8 Å². The molecule has 0 aliphatic rings. The predicted octanol–water partition coefficient (Wildman–Crippen LogP) is 3.75. The molecule has 14 heavy (non-hydrogen) atoms. The molecule has 2 aromatic rings. The van der Waals surface area contributed by atoms with Crippen molar-refractivity contribution in [2.24, 2.45) is 0 Å². The van der Waals surface area contributed by atoms with Crippen LogP contribution in [0.5, 0.6) is 5.75 Å². The van der Waals surface area contributed by atoms with Gasteiger partial charge in [0, 0.05) is 0 Å². The Morgan fingerprint density at radius 3 is 2.71 bits per heavy atom. The van der Waals surface area contributed by atoms with E-state index in [1.54, 1.807) is 6.07 Å². The summed E-state index contributed by atoms with van der Waals surface area (Å²) in [5.74, 6) is -0.0956. The van der Waals surface area contributed by atoms with Crippen LogP contribution in [0.1, 0.15) is 0 Å². The molecule has 3 heteroatoms. The van der Waals surface area contributed by atoms with E-state index in [0.717, 1.165) is 10.8 Å². The average Bonchev–Trinajstić information content (AvgIpc) is 2.23.